The van der Waals surface area contributed by atoms with Crippen LogP contribution in [0, 0.1) is 0 Å². The maximum absolute atomic E-state index is 12.9. The van der Waals surface area contributed by atoms with Crippen LogP contribution in [0.4, 0.5) is 0 Å². The molecule has 0 N–H and O–H groups in total. The molecule has 0 aromatic rings. The standard InChI is InChI=1S/C66H124O6/c1-4-7-10-13-16-19-22-25-28-31-33-36-38-41-44-47-50-53-56-59-65(68)71-62-63(61-70-64(67)58-55-52-49-46-43-40-37-34-30-27-24-21-18-15-12-9-6-3)72-66(69)60-57-54-51-48-45-42-39-35-32-29-26-23-20-17-14-11-8-5-2/h25,28-29,32,63H,4-24,26-27,30-31,33-62H2,1-3H3/b28-25-,32-29-. The number of allylic oxidation sites excluding steroid dienone is 4. The first-order valence-corrected chi connectivity index (χ1v) is 32.3. The maximum atomic E-state index is 12.9. The lowest BCUT2D eigenvalue weighted by molar-refractivity contribution is -0.167. The number of hydrogen-bond donors (Lipinski definition) is 0. The predicted molar refractivity (Wildman–Crippen MR) is 312 cm³/mol. The second kappa shape index (κ2) is 61.4. The summed E-state index contributed by atoms with van der Waals surface area (Å²) in [6.45, 7) is 6.70. The van der Waals surface area contributed by atoms with Gasteiger partial charge in [-0.3, -0.25) is 14.4 Å². The van der Waals surface area contributed by atoms with Crippen molar-refractivity contribution in [1.29, 1.82) is 0 Å². The summed E-state index contributed by atoms with van der Waals surface area (Å²) in [5.74, 6) is -0.848. The highest BCUT2D eigenvalue weighted by atomic mass is 16.6. The number of unbranched alkanes of at least 4 members (excludes halogenated alkanes) is 45. The van der Waals surface area contributed by atoms with Crippen LogP contribution in [0.2, 0.25) is 0 Å². The quantitative estimate of drug-likeness (QED) is 0.0261. The third-order valence-corrected chi connectivity index (χ3v) is 14.7. The van der Waals surface area contributed by atoms with E-state index in [1.54, 1.807) is 0 Å². The molecule has 0 amide bonds. The Bertz CT molecular complexity index is 1160. The number of rotatable bonds is 60. The summed E-state index contributed by atoms with van der Waals surface area (Å²) in [4.78, 5) is 38.3. The van der Waals surface area contributed by atoms with Crippen molar-refractivity contribution in [3.8, 4) is 0 Å². The Labute approximate surface area is 449 Å². The van der Waals surface area contributed by atoms with Gasteiger partial charge in [0.25, 0.3) is 0 Å². The Morgan fingerprint density at radius 3 is 0.694 bits per heavy atom. The lowest BCUT2D eigenvalue weighted by atomic mass is 10.0. The van der Waals surface area contributed by atoms with Gasteiger partial charge in [-0.05, 0) is 70.6 Å². The van der Waals surface area contributed by atoms with Crippen molar-refractivity contribution >= 4 is 17.9 Å². The van der Waals surface area contributed by atoms with E-state index in [-0.39, 0.29) is 31.1 Å². The van der Waals surface area contributed by atoms with Crippen LogP contribution in [-0.2, 0) is 28.6 Å². The summed E-state index contributed by atoms with van der Waals surface area (Å²) in [6.07, 6.45) is 73.2. The van der Waals surface area contributed by atoms with Gasteiger partial charge in [-0.2, -0.15) is 0 Å². The van der Waals surface area contributed by atoms with Gasteiger partial charge in [0.2, 0.25) is 0 Å². The van der Waals surface area contributed by atoms with E-state index in [0.717, 1.165) is 57.8 Å². The Kier molecular flexibility index (Phi) is 59.6. The van der Waals surface area contributed by atoms with Gasteiger partial charge in [-0.25, -0.2) is 0 Å². The lowest BCUT2D eigenvalue weighted by Gasteiger charge is -2.18. The van der Waals surface area contributed by atoms with Gasteiger partial charge < -0.3 is 14.2 Å². The molecule has 0 aromatic carbocycles. The molecule has 0 rings (SSSR count). The molecule has 1 atom stereocenters. The molecule has 0 saturated heterocycles. The van der Waals surface area contributed by atoms with Gasteiger partial charge in [0.05, 0.1) is 0 Å². The molecule has 0 radical (unpaired) electrons. The zero-order valence-electron chi connectivity index (χ0n) is 48.7. The highest BCUT2D eigenvalue weighted by Crippen LogP contribution is 2.17. The third kappa shape index (κ3) is 58.8. The topological polar surface area (TPSA) is 78.9 Å². The minimum absolute atomic E-state index is 0.0684. The SMILES string of the molecule is CCCCCCCC/C=C\CCCCCCCCCCCC(=O)OCC(COC(=O)CCCCCCCCCCCCCCCCCCC)OC(=O)CCCCCCCCC/C=C\CCCCCCCCC. The van der Waals surface area contributed by atoms with E-state index in [1.165, 1.54) is 263 Å². The molecule has 0 bridgehead atoms. The molecule has 0 aliphatic heterocycles. The monoisotopic (exact) mass is 1010 g/mol. The van der Waals surface area contributed by atoms with Crippen LogP contribution >= 0.6 is 0 Å². The minimum atomic E-state index is -0.772. The van der Waals surface area contributed by atoms with Gasteiger partial charge in [-0.1, -0.05) is 295 Å². The molecular formula is C66H124O6. The van der Waals surface area contributed by atoms with Crippen molar-refractivity contribution in [3.63, 3.8) is 0 Å². The average Bonchev–Trinajstić information content (AvgIpc) is 3.38. The fourth-order valence-corrected chi connectivity index (χ4v) is 9.79. The molecule has 0 aliphatic rings. The molecular weight excluding hydrogens is 889 g/mol. The molecule has 1 unspecified atom stereocenters. The Balaban J connectivity index is 4.33. The zero-order valence-corrected chi connectivity index (χ0v) is 48.7. The highest BCUT2D eigenvalue weighted by molar-refractivity contribution is 5.71. The average molecular weight is 1010 g/mol. The van der Waals surface area contributed by atoms with Crippen molar-refractivity contribution < 1.29 is 28.6 Å². The molecule has 0 fully saturated rings. The molecule has 0 aliphatic carbocycles. The second-order valence-electron chi connectivity index (χ2n) is 22.0. The molecule has 0 saturated carbocycles. The summed E-state index contributed by atoms with van der Waals surface area (Å²) in [5, 5.41) is 0. The molecule has 6 nitrogen and oxygen atoms in total. The first-order valence-electron chi connectivity index (χ1n) is 32.3. The fraction of sp³-hybridized carbons (Fsp3) is 0.894. The number of carbonyl (C=O) groups is 3. The third-order valence-electron chi connectivity index (χ3n) is 14.7. The zero-order chi connectivity index (χ0) is 52.2. The predicted octanol–water partition coefficient (Wildman–Crippen LogP) is 21.8. The molecule has 0 aromatic heterocycles. The van der Waals surface area contributed by atoms with Crippen LogP contribution in [0.5, 0.6) is 0 Å². The van der Waals surface area contributed by atoms with E-state index in [4.69, 9.17) is 14.2 Å². The van der Waals surface area contributed by atoms with E-state index in [2.05, 4.69) is 45.1 Å². The van der Waals surface area contributed by atoms with Crippen molar-refractivity contribution in [2.45, 2.75) is 367 Å². The summed E-state index contributed by atoms with van der Waals surface area (Å²) < 4.78 is 17.0. The molecule has 6 heteroatoms. The van der Waals surface area contributed by atoms with Crippen molar-refractivity contribution in [1.82, 2.24) is 0 Å². The minimum Gasteiger partial charge on any atom is -0.462 e. The Morgan fingerprint density at radius 2 is 0.458 bits per heavy atom. The fourth-order valence-electron chi connectivity index (χ4n) is 9.79. The van der Waals surface area contributed by atoms with E-state index >= 15 is 0 Å². The number of carbonyl (C=O) groups excluding carboxylic acids is 3. The second-order valence-corrected chi connectivity index (χ2v) is 22.0. The summed E-state index contributed by atoms with van der Waals surface area (Å²) in [7, 11) is 0. The van der Waals surface area contributed by atoms with Crippen LogP contribution in [0.15, 0.2) is 24.3 Å². The van der Waals surface area contributed by atoms with Gasteiger partial charge in [0, 0.05) is 19.3 Å². The summed E-state index contributed by atoms with van der Waals surface area (Å²) in [6, 6.07) is 0. The van der Waals surface area contributed by atoms with Gasteiger partial charge in [0.15, 0.2) is 6.10 Å². The smallest absolute Gasteiger partial charge is 0.306 e. The molecule has 72 heavy (non-hydrogen) atoms. The van der Waals surface area contributed by atoms with Crippen LogP contribution in [0.25, 0.3) is 0 Å². The maximum Gasteiger partial charge on any atom is 0.306 e. The molecule has 424 valence electrons. The van der Waals surface area contributed by atoms with Crippen molar-refractivity contribution in [3.05, 3.63) is 24.3 Å². The molecule has 0 spiro atoms. The number of ether oxygens (including phenoxy) is 3. The van der Waals surface area contributed by atoms with E-state index in [0.29, 0.717) is 19.3 Å². The largest absolute Gasteiger partial charge is 0.462 e. The van der Waals surface area contributed by atoms with Crippen LogP contribution in [-0.4, -0.2) is 37.2 Å². The highest BCUT2D eigenvalue weighted by Gasteiger charge is 2.19. The van der Waals surface area contributed by atoms with Crippen LogP contribution in [0.3, 0.4) is 0 Å². The Hall–Kier alpha value is -2.11. The van der Waals surface area contributed by atoms with Crippen molar-refractivity contribution in [2.24, 2.45) is 0 Å². The van der Waals surface area contributed by atoms with Gasteiger partial charge in [0.1, 0.15) is 13.2 Å². The normalized spacial score (nSPS) is 12.1. The molecule has 0 heterocycles. The summed E-state index contributed by atoms with van der Waals surface area (Å²) >= 11 is 0. The number of hydrogen-bond acceptors (Lipinski definition) is 6. The lowest BCUT2D eigenvalue weighted by Crippen LogP contribution is -2.30. The van der Waals surface area contributed by atoms with Crippen LogP contribution < -0.4 is 0 Å². The van der Waals surface area contributed by atoms with E-state index < -0.39 is 6.10 Å². The van der Waals surface area contributed by atoms with Crippen LogP contribution in [0.1, 0.15) is 361 Å². The summed E-state index contributed by atoms with van der Waals surface area (Å²) in [5.41, 5.74) is 0. The van der Waals surface area contributed by atoms with Gasteiger partial charge >= 0.3 is 17.9 Å². The van der Waals surface area contributed by atoms with E-state index in [1.807, 2.05) is 0 Å². The van der Waals surface area contributed by atoms with Crippen molar-refractivity contribution in [2.75, 3.05) is 13.2 Å². The Morgan fingerprint density at radius 1 is 0.264 bits per heavy atom. The number of esters is 3. The first-order chi connectivity index (χ1) is 35.5. The van der Waals surface area contributed by atoms with E-state index in [9.17, 15) is 14.4 Å². The first kappa shape index (κ1) is 69.9. The van der Waals surface area contributed by atoms with Gasteiger partial charge in [-0.15, -0.1) is 0 Å².